The van der Waals surface area contributed by atoms with Crippen molar-refractivity contribution in [2.75, 3.05) is 0 Å². The molecule has 0 bridgehead atoms. The topological polar surface area (TPSA) is 8.81 Å². The second kappa shape index (κ2) is 9.26. The summed E-state index contributed by atoms with van der Waals surface area (Å²) in [5, 5.41) is 0. The lowest BCUT2D eigenvalue weighted by Crippen LogP contribution is -2.53. The quantitative estimate of drug-likeness (QED) is 0.282. The number of unbranched alkanes of at least 4 members (excludes halogenated alkanes) is 4. The van der Waals surface area contributed by atoms with Gasteiger partial charge in [-0.1, -0.05) is 26.2 Å². The van der Waals surface area contributed by atoms with Crippen LogP contribution in [0.2, 0.25) is 0 Å². The molecular weight excluding hydrogens is 347 g/mol. The number of rotatable bonds is 7. The van der Waals surface area contributed by atoms with Crippen molar-refractivity contribution in [3.8, 4) is 0 Å². The van der Waals surface area contributed by atoms with Gasteiger partial charge in [0.1, 0.15) is 12.4 Å². The van der Waals surface area contributed by atoms with E-state index in [2.05, 4.69) is 41.8 Å². The van der Waals surface area contributed by atoms with Crippen molar-refractivity contribution in [3.63, 3.8) is 0 Å². The molecule has 11 heteroatoms. The van der Waals surface area contributed by atoms with Gasteiger partial charge in [0.25, 0.3) is 0 Å². The molecule has 0 aliphatic carbocycles. The predicted octanol–water partition coefficient (Wildman–Crippen LogP) is 4.85. The van der Waals surface area contributed by atoms with Gasteiger partial charge < -0.3 is 12.9 Å². The second-order valence-corrected chi connectivity index (χ2v) is 5.43. The predicted molar refractivity (Wildman–Crippen MR) is 74.4 cm³/mol. The third kappa shape index (κ3) is 7.52. The highest BCUT2D eigenvalue weighted by molar-refractivity contribution is 6.61. The van der Waals surface area contributed by atoms with E-state index >= 15 is 0 Å². The number of alkyl halides is 5. The Labute approximate surface area is 135 Å². The molecule has 0 radical (unpaired) electrons. The van der Waals surface area contributed by atoms with Crippen molar-refractivity contribution in [1.82, 2.24) is 4.57 Å². The number of hydrogen-bond donors (Lipinski definition) is 0. The molecule has 0 aliphatic rings. The number of aromatic nitrogens is 2. The van der Waals surface area contributed by atoms with Gasteiger partial charge in [0.15, 0.2) is 0 Å². The normalized spacial score (nSPS) is 12.8. The molecule has 0 atom stereocenters. The Kier molecular flexibility index (Phi) is 8.77. The molecule has 2 nitrogen and oxygen atoms in total. The molecule has 0 aromatic carbocycles. The summed E-state index contributed by atoms with van der Waals surface area (Å²) in [4.78, 5) is 0. The summed E-state index contributed by atoms with van der Waals surface area (Å²) in [5.74, 6) is -6.56. The minimum Gasteiger partial charge on any atom is -0.445 e. The highest BCUT2D eigenvalue weighted by atomic mass is 19.4. The average Bonchev–Trinajstić information content (AvgIpc) is 2.82. The van der Waals surface area contributed by atoms with E-state index in [1.807, 2.05) is 0 Å². The van der Waals surface area contributed by atoms with Gasteiger partial charge in [0.05, 0.1) is 13.6 Å². The van der Waals surface area contributed by atoms with Crippen LogP contribution in [-0.4, -0.2) is 23.5 Å². The average molecular weight is 368 g/mol. The first kappa shape index (κ1) is 22.7. The fourth-order valence-corrected chi connectivity index (χ4v) is 1.72. The van der Waals surface area contributed by atoms with Crippen molar-refractivity contribution >= 4 is 6.98 Å². The van der Waals surface area contributed by atoms with E-state index in [0.29, 0.717) is 0 Å². The maximum Gasteiger partial charge on any atom is 0.558 e. The summed E-state index contributed by atoms with van der Waals surface area (Å²) < 4.78 is 92.2. The molecule has 0 saturated carbocycles. The van der Waals surface area contributed by atoms with Crippen molar-refractivity contribution in [3.05, 3.63) is 18.7 Å². The first-order chi connectivity index (χ1) is 10.8. The zero-order chi connectivity index (χ0) is 19.0. The van der Waals surface area contributed by atoms with E-state index in [9.17, 15) is 34.9 Å². The number of hydrogen-bond acceptors (Lipinski definition) is 0. The van der Waals surface area contributed by atoms with Crippen molar-refractivity contribution < 1.29 is 39.5 Å². The van der Waals surface area contributed by atoms with E-state index in [1.54, 1.807) is 0 Å². The monoisotopic (exact) mass is 368 g/mol. The zero-order valence-corrected chi connectivity index (χ0v) is 13.5. The Morgan fingerprint density at radius 2 is 1.50 bits per heavy atom. The van der Waals surface area contributed by atoms with Crippen LogP contribution >= 0.6 is 0 Å². The molecular formula is C13H21BF8N2. The molecule has 24 heavy (non-hydrogen) atoms. The van der Waals surface area contributed by atoms with E-state index in [4.69, 9.17) is 0 Å². The van der Waals surface area contributed by atoms with E-state index < -0.39 is 19.0 Å². The number of nitrogens with zero attached hydrogens (tertiary/aromatic N) is 2. The Bertz CT molecular complexity index is 451. The van der Waals surface area contributed by atoms with Crippen LogP contribution in [0.1, 0.15) is 39.0 Å². The van der Waals surface area contributed by atoms with Gasteiger partial charge in [-0.2, -0.15) is 13.2 Å². The van der Waals surface area contributed by atoms with Gasteiger partial charge >= 0.3 is 19.0 Å². The summed E-state index contributed by atoms with van der Waals surface area (Å²) >= 11 is 0. The summed E-state index contributed by atoms with van der Waals surface area (Å²) in [7, 11) is 2.06. The van der Waals surface area contributed by atoms with Crippen LogP contribution < -0.4 is 4.57 Å². The van der Waals surface area contributed by atoms with Gasteiger partial charge in [-0.3, -0.25) is 0 Å². The fourth-order valence-electron chi connectivity index (χ4n) is 1.72. The summed E-state index contributed by atoms with van der Waals surface area (Å²) in [6.07, 6.45) is 6.61. The number of halogens is 8. The van der Waals surface area contributed by atoms with Crippen LogP contribution in [0.3, 0.4) is 0 Å². The van der Waals surface area contributed by atoms with Gasteiger partial charge in [-0.05, 0) is 12.8 Å². The summed E-state index contributed by atoms with van der Waals surface area (Å²) in [5.41, 5.74) is 0. The van der Waals surface area contributed by atoms with Crippen molar-refractivity contribution in [2.24, 2.45) is 7.05 Å². The van der Waals surface area contributed by atoms with Gasteiger partial charge in [0, 0.05) is 0 Å². The molecule has 0 N–H and O–H groups in total. The number of aryl methyl sites for hydroxylation is 2. The molecule has 142 valence electrons. The van der Waals surface area contributed by atoms with E-state index in [0.717, 1.165) is 0 Å². The Balaban J connectivity index is 0.000000449. The summed E-state index contributed by atoms with van der Waals surface area (Å²) in [6, 6.07) is 0. The maximum absolute atomic E-state index is 11.2. The first-order valence-electron chi connectivity index (χ1n) is 7.47. The van der Waals surface area contributed by atoms with Crippen molar-refractivity contribution in [2.45, 2.75) is 57.6 Å². The Hall–Kier alpha value is -1.29. The minimum atomic E-state index is -7.21. The molecule has 1 rings (SSSR count). The van der Waals surface area contributed by atoms with E-state index in [1.165, 1.54) is 38.6 Å². The maximum atomic E-state index is 11.2. The smallest absolute Gasteiger partial charge is 0.445 e. The second-order valence-electron chi connectivity index (χ2n) is 5.43. The lowest BCUT2D eigenvalue weighted by Gasteiger charge is -2.28. The standard InChI is InChI=1S/C11H21N2.C2BF8/c1-3-4-5-6-7-8-13-10-9-12(2)11-13;4-1(5,2(6,7)8)3(9,10)11/h9-11H,3-8H2,1-2H3;/q+1;-1. The highest BCUT2D eigenvalue weighted by Gasteiger charge is 2.69. The zero-order valence-electron chi connectivity index (χ0n) is 13.5. The van der Waals surface area contributed by atoms with Crippen LogP contribution in [0.4, 0.5) is 34.9 Å². The molecule has 1 heterocycles. The molecule has 0 saturated heterocycles. The van der Waals surface area contributed by atoms with Crippen LogP contribution in [-0.2, 0) is 13.6 Å². The van der Waals surface area contributed by atoms with Crippen LogP contribution in [0, 0.1) is 0 Å². The first-order valence-corrected chi connectivity index (χ1v) is 7.47. The van der Waals surface area contributed by atoms with Gasteiger partial charge in [-0.25, -0.2) is 17.9 Å². The molecule has 0 spiro atoms. The van der Waals surface area contributed by atoms with Crippen LogP contribution in [0.15, 0.2) is 18.7 Å². The van der Waals surface area contributed by atoms with Crippen LogP contribution in [0.25, 0.3) is 0 Å². The molecule has 0 fully saturated rings. The molecule has 0 amide bonds. The Morgan fingerprint density at radius 1 is 0.958 bits per heavy atom. The number of imidazole rings is 1. The van der Waals surface area contributed by atoms with Crippen molar-refractivity contribution in [1.29, 1.82) is 0 Å². The third-order valence-electron chi connectivity index (χ3n) is 3.13. The SMILES string of the molecule is CCCCCCCn1cc[n+](C)c1.F[B-](F)(F)C(F)(F)C(F)(F)F. The fraction of sp³-hybridized carbons (Fsp3) is 0.769. The van der Waals surface area contributed by atoms with E-state index in [-0.39, 0.29) is 0 Å². The highest BCUT2D eigenvalue weighted by Crippen LogP contribution is 2.43. The third-order valence-corrected chi connectivity index (χ3v) is 3.13. The Morgan fingerprint density at radius 3 is 1.83 bits per heavy atom. The molecule has 1 aromatic heterocycles. The minimum absolute atomic E-state index is 1.17. The largest absolute Gasteiger partial charge is 0.558 e. The molecule has 0 unspecified atom stereocenters. The molecule has 0 aliphatic heterocycles. The van der Waals surface area contributed by atoms with Gasteiger partial charge in [-0.15, -0.1) is 0 Å². The van der Waals surface area contributed by atoms with Gasteiger partial charge in [0.2, 0.25) is 6.33 Å². The lowest BCUT2D eigenvalue weighted by molar-refractivity contribution is -0.671. The lowest BCUT2D eigenvalue weighted by atomic mass is 9.80. The van der Waals surface area contributed by atoms with Crippen LogP contribution in [0.5, 0.6) is 0 Å². The molecule has 1 aromatic rings. The summed E-state index contributed by atoms with van der Waals surface area (Å²) in [6.45, 7) is -3.78.